The van der Waals surface area contributed by atoms with Gasteiger partial charge in [-0.25, -0.2) is 0 Å². The molecule has 6 heteroatoms. The molecule has 0 aromatic heterocycles. The number of nitrogens with one attached hydrogen (secondary N) is 2. The van der Waals surface area contributed by atoms with Crippen LogP contribution in [0.3, 0.4) is 0 Å². The Bertz CT molecular complexity index is 371. The fraction of sp³-hybridized carbons (Fsp3) is 1.00. The van der Waals surface area contributed by atoms with Gasteiger partial charge in [0.15, 0.2) is 0 Å². The van der Waals surface area contributed by atoms with Gasteiger partial charge in [-0.2, -0.15) is 17.4 Å². The van der Waals surface area contributed by atoms with Crippen molar-refractivity contribution in [3.05, 3.63) is 0 Å². The highest BCUT2D eigenvalue weighted by Gasteiger charge is 2.32. The normalized spacial score (nSPS) is 22.3. The van der Waals surface area contributed by atoms with Gasteiger partial charge < -0.3 is 5.32 Å². The molecule has 1 heterocycles. The highest BCUT2D eigenvalue weighted by molar-refractivity contribution is 7.87. The number of hydrogen-bond acceptors (Lipinski definition) is 3. The Morgan fingerprint density at radius 1 is 1.19 bits per heavy atom. The molecule has 0 aliphatic carbocycles. The molecule has 0 saturated carbocycles. The van der Waals surface area contributed by atoms with Gasteiger partial charge in [-0.3, -0.25) is 0 Å². The molecule has 0 radical (unpaired) electrons. The van der Waals surface area contributed by atoms with E-state index in [9.17, 15) is 8.42 Å². The van der Waals surface area contributed by atoms with Gasteiger partial charge in [0.25, 0.3) is 10.2 Å². The summed E-state index contributed by atoms with van der Waals surface area (Å²) in [6, 6.07) is 0.173. The van der Waals surface area contributed by atoms with Crippen LogP contribution in [0.2, 0.25) is 0 Å². The zero-order valence-electron chi connectivity index (χ0n) is 13.9. The molecule has 2 atom stereocenters. The summed E-state index contributed by atoms with van der Waals surface area (Å²) >= 11 is 0. The molecule has 0 amide bonds. The minimum Gasteiger partial charge on any atom is -0.318 e. The highest BCUT2D eigenvalue weighted by Crippen LogP contribution is 2.20. The summed E-state index contributed by atoms with van der Waals surface area (Å²) < 4.78 is 30.1. The summed E-state index contributed by atoms with van der Waals surface area (Å²) in [6.45, 7) is 5.63. The Labute approximate surface area is 131 Å². The standard InChI is InChI=1S/C15H33N3O2S/c1-4-6-10-14(9-5-2)17-21(19,20)18-12-8-7-11-15(18)13-16-3/h14-17H,4-13H2,1-3H3. The van der Waals surface area contributed by atoms with Crippen LogP contribution in [0.5, 0.6) is 0 Å². The van der Waals surface area contributed by atoms with Gasteiger partial charge in [-0.1, -0.05) is 39.5 Å². The van der Waals surface area contributed by atoms with E-state index in [2.05, 4.69) is 23.9 Å². The molecule has 2 unspecified atom stereocenters. The van der Waals surface area contributed by atoms with Crippen LogP contribution in [-0.2, 0) is 10.2 Å². The second-order valence-corrected chi connectivity index (χ2v) is 7.72. The molecule has 1 aliphatic rings. The molecule has 0 bridgehead atoms. The summed E-state index contributed by atoms with van der Waals surface area (Å²) in [5.74, 6) is 0. The Morgan fingerprint density at radius 3 is 2.57 bits per heavy atom. The molecule has 1 rings (SSSR count). The number of piperidine rings is 1. The highest BCUT2D eigenvalue weighted by atomic mass is 32.2. The van der Waals surface area contributed by atoms with E-state index < -0.39 is 10.2 Å². The molecule has 126 valence electrons. The van der Waals surface area contributed by atoms with E-state index >= 15 is 0 Å². The Balaban J connectivity index is 2.71. The summed E-state index contributed by atoms with van der Waals surface area (Å²) in [6.07, 6.45) is 8.09. The maximum Gasteiger partial charge on any atom is 0.279 e. The fourth-order valence-corrected chi connectivity index (χ4v) is 4.80. The lowest BCUT2D eigenvalue weighted by molar-refractivity contribution is 0.244. The number of hydrogen-bond donors (Lipinski definition) is 2. The van der Waals surface area contributed by atoms with Crippen LogP contribution < -0.4 is 10.0 Å². The van der Waals surface area contributed by atoms with Gasteiger partial charge in [0.05, 0.1) is 0 Å². The van der Waals surface area contributed by atoms with Crippen LogP contribution in [0.15, 0.2) is 0 Å². The Morgan fingerprint density at radius 2 is 1.95 bits per heavy atom. The van der Waals surface area contributed by atoms with Crippen LogP contribution in [0.4, 0.5) is 0 Å². The average molecular weight is 320 g/mol. The summed E-state index contributed by atoms with van der Waals surface area (Å²) in [5.41, 5.74) is 0. The van der Waals surface area contributed by atoms with Gasteiger partial charge in [0.2, 0.25) is 0 Å². The molecule has 2 N–H and O–H groups in total. The van der Waals surface area contributed by atoms with Crippen LogP contribution in [0.25, 0.3) is 0 Å². The first-order chi connectivity index (χ1) is 10.0. The van der Waals surface area contributed by atoms with Crippen LogP contribution in [0.1, 0.15) is 65.2 Å². The van der Waals surface area contributed by atoms with Crippen molar-refractivity contribution < 1.29 is 8.42 Å². The summed E-state index contributed by atoms with van der Waals surface area (Å²) in [5, 5.41) is 3.12. The molecular weight excluding hydrogens is 286 g/mol. The third-order valence-corrected chi connectivity index (χ3v) is 5.91. The van der Waals surface area contributed by atoms with Crippen molar-refractivity contribution in [2.45, 2.75) is 77.3 Å². The molecule has 0 aromatic rings. The largest absolute Gasteiger partial charge is 0.318 e. The SMILES string of the molecule is CCCCC(CCC)NS(=O)(=O)N1CCCCC1CNC. The van der Waals surface area contributed by atoms with Crippen molar-refractivity contribution in [2.75, 3.05) is 20.1 Å². The lowest BCUT2D eigenvalue weighted by atomic mass is 10.1. The smallest absolute Gasteiger partial charge is 0.279 e. The first-order valence-corrected chi connectivity index (χ1v) is 9.92. The number of unbranched alkanes of at least 4 members (excludes halogenated alkanes) is 1. The fourth-order valence-electron chi connectivity index (χ4n) is 3.07. The van der Waals surface area contributed by atoms with Crippen molar-refractivity contribution in [3.63, 3.8) is 0 Å². The van der Waals surface area contributed by atoms with Gasteiger partial charge in [0, 0.05) is 25.2 Å². The molecule has 5 nitrogen and oxygen atoms in total. The maximum atomic E-state index is 12.7. The molecule has 1 fully saturated rings. The number of likely N-dealkylation sites (N-methyl/N-ethyl adjacent to an activating group) is 1. The first kappa shape index (κ1) is 18.9. The molecule has 21 heavy (non-hydrogen) atoms. The van der Waals surface area contributed by atoms with Gasteiger partial charge >= 0.3 is 0 Å². The predicted molar refractivity (Wildman–Crippen MR) is 88.5 cm³/mol. The average Bonchev–Trinajstić information content (AvgIpc) is 2.45. The van der Waals surface area contributed by atoms with Gasteiger partial charge in [-0.05, 0) is 32.7 Å². The summed E-state index contributed by atoms with van der Waals surface area (Å²) in [7, 11) is -1.48. The monoisotopic (exact) mass is 319 g/mol. The molecule has 1 aliphatic heterocycles. The zero-order valence-corrected chi connectivity index (χ0v) is 14.7. The van der Waals surface area contributed by atoms with E-state index in [0.29, 0.717) is 6.54 Å². The topological polar surface area (TPSA) is 61.4 Å². The van der Waals surface area contributed by atoms with E-state index in [4.69, 9.17) is 0 Å². The zero-order chi connectivity index (χ0) is 15.7. The third kappa shape index (κ3) is 6.22. The Kier molecular flexibility index (Phi) is 8.78. The van der Waals surface area contributed by atoms with Gasteiger partial charge in [0.1, 0.15) is 0 Å². The van der Waals surface area contributed by atoms with E-state index in [1.165, 1.54) is 0 Å². The van der Waals surface area contributed by atoms with Crippen LogP contribution in [0, 0.1) is 0 Å². The van der Waals surface area contributed by atoms with E-state index in [1.807, 2.05) is 7.05 Å². The number of rotatable bonds is 10. The predicted octanol–water partition coefficient (Wildman–Crippen LogP) is 2.25. The van der Waals surface area contributed by atoms with Crippen molar-refractivity contribution in [1.82, 2.24) is 14.3 Å². The lowest BCUT2D eigenvalue weighted by Gasteiger charge is -2.35. The minimum absolute atomic E-state index is 0.0807. The van der Waals surface area contributed by atoms with Gasteiger partial charge in [-0.15, -0.1) is 0 Å². The van der Waals surface area contributed by atoms with E-state index in [1.54, 1.807) is 4.31 Å². The lowest BCUT2D eigenvalue weighted by Crippen LogP contribution is -2.53. The van der Waals surface area contributed by atoms with Crippen LogP contribution >= 0.6 is 0 Å². The molecule has 0 spiro atoms. The molecular formula is C15H33N3O2S. The Hall–Kier alpha value is -0.170. The second kappa shape index (κ2) is 9.77. The molecule has 0 aromatic carbocycles. The van der Waals surface area contributed by atoms with Crippen molar-refractivity contribution in [2.24, 2.45) is 0 Å². The minimum atomic E-state index is -3.36. The first-order valence-electron chi connectivity index (χ1n) is 8.48. The van der Waals surface area contributed by atoms with Crippen molar-refractivity contribution in [1.29, 1.82) is 0 Å². The maximum absolute atomic E-state index is 12.7. The molecule has 1 saturated heterocycles. The second-order valence-electron chi connectivity index (χ2n) is 6.07. The summed E-state index contributed by atoms with van der Waals surface area (Å²) in [4.78, 5) is 0. The van der Waals surface area contributed by atoms with E-state index in [0.717, 1.165) is 57.9 Å². The third-order valence-electron chi connectivity index (χ3n) is 4.18. The van der Waals surface area contributed by atoms with E-state index in [-0.39, 0.29) is 12.1 Å². The number of nitrogens with zero attached hydrogens (tertiary/aromatic N) is 1. The van der Waals surface area contributed by atoms with Crippen molar-refractivity contribution in [3.8, 4) is 0 Å². The van der Waals surface area contributed by atoms with Crippen LogP contribution in [-0.4, -0.2) is 44.9 Å². The quantitative estimate of drug-likeness (QED) is 0.649. The van der Waals surface area contributed by atoms with Crippen molar-refractivity contribution >= 4 is 10.2 Å².